The minimum absolute atomic E-state index is 0.114. The summed E-state index contributed by atoms with van der Waals surface area (Å²) in [6.45, 7) is 1.77. The second-order valence-electron chi connectivity index (χ2n) is 6.32. The Morgan fingerprint density at radius 3 is 2.81 bits per heavy atom. The molecule has 140 valence electrons. The smallest absolute Gasteiger partial charge is 0.328 e. The van der Waals surface area contributed by atoms with Crippen LogP contribution in [0.2, 0.25) is 5.15 Å². The Morgan fingerprint density at radius 2 is 2.15 bits per heavy atom. The lowest BCUT2D eigenvalue weighted by molar-refractivity contribution is 0.155. The highest BCUT2D eigenvalue weighted by atomic mass is 35.5. The maximum Gasteiger partial charge on any atom is 0.328 e. The van der Waals surface area contributed by atoms with Crippen LogP contribution < -0.4 is 16.7 Å². The molecule has 0 fully saturated rings. The molecule has 0 amide bonds. The second-order valence-corrected chi connectivity index (χ2v) is 6.68. The molecule has 3 aromatic rings. The van der Waals surface area contributed by atoms with Gasteiger partial charge in [-0.2, -0.15) is 5.26 Å². The van der Waals surface area contributed by atoms with Crippen molar-refractivity contribution in [1.82, 2.24) is 14.1 Å². The highest BCUT2D eigenvalue weighted by molar-refractivity contribution is 6.31. The van der Waals surface area contributed by atoms with E-state index in [4.69, 9.17) is 17.3 Å². The van der Waals surface area contributed by atoms with E-state index < -0.39 is 12.1 Å². The molecule has 0 bridgehead atoms. The molecule has 2 aromatic heterocycles. The van der Waals surface area contributed by atoms with Gasteiger partial charge in [0.15, 0.2) is 0 Å². The van der Waals surface area contributed by atoms with Gasteiger partial charge in [-0.15, -0.1) is 0 Å². The molecule has 9 heteroatoms. The van der Waals surface area contributed by atoms with Crippen molar-refractivity contribution in [2.45, 2.75) is 25.6 Å². The van der Waals surface area contributed by atoms with Gasteiger partial charge in [0, 0.05) is 31.5 Å². The van der Waals surface area contributed by atoms with Crippen LogP contribution in [0.5, 0.6) is 0 Å². The van der Waals surface area contributed by atoms with Gasteiger partial charge in [0.1, 0.15) is 16.8 Å². The molecular weight excluding hydrogens is 368 g/mol. The maximum atomic E-state index is 12.6. The van der Waals surface area contributed by atoms with E-state index in [-0.39, 0.29) is 23.0 Å². The largest absolute Gasteiger partial charge is 0.392 e. The van der Waals surface area contributed by atoms with E-state index in [1.165, 1.54) is 15.3 Å². The number of hydrogen-bond donors (Lipinski definition) is 3. The fourth-order valence-corrected chi connectivity index (χ4v) is 3.03. The van der Waals surface area contributed by atoms with E-state index in [0.717, 1.165) is 5.52 Å². The summed E-state index contributed by atoms with van der Waals surface area (Å²) < 4.78 is 3.06. The molecule has 0 saturated carbocycles. The van der Waals surface area contributed by atoms with Crippen molar-refractivity contribution in [2.75, 3.05) is 5.32 Å². The van der Waals surface area contributed by atoms with Gasteiger partial charge in [0.05, 0.1) is 22.8 Å². The van der Waals surface area contributed by atoms with Crippen molar-refractivity contribution in [3.05, 3.63) is 51.7 Å². The monoisotopic (exact) mass is 386 g/mol. The minimum Gasteiger partial charge on any atom is -0.392 e. The third kappa shape index (κ3) is 3.53. The van der Waals surface area contributed by atoms with Crippen molar-refractivity contribution in [1.29, 1.82) is 5.26 Å². The zero-order valence-corrected chi connectivity index (χ0v) is 15.6. The Morgan fingerprint density at radius 1 is 1.41 bits per heavy atom. The number of nitrogens with zero attached hydrogens (tertiary/aromatic N) is 4. The van der Waals surface area contributed by atoms with Crippen LogP contribution in [0.25, 0.3) is 11.0 Å². The van der Waals surface area contributed by atoms with Crippen LogP contribution in [0.1, 0.15) is 12.5 Å². The average molecular weight is 387 g/mol. The summed E-state index contributed by atoms with van der Waals surface area (Å²) in [6.07, 6.45) is 0.759. The highest BCUT2D eigenvalue weighted by Gasteiger charge is 2.17. The molecule has 0 aliphatic rings. The molecule has 2 unspecified atom stereocenters. The zero-order valence-electron chi connectivity index (χ0n) is 14.8. The van der Waals surface area contributed by atoms with E-state index in [0.29, 0.717) is 16.9 Å². The lowest BCUT2D eigenvalue weighted by Crippen LogP contribution is -2.39. The van der Waals surface area contributed by atoms with Crippen LogP contribution in [0.15, 0.2) is 35.3 Å². The van der Waals surface area contributed by atoms with Gasteiger partial charge in [-0.25, -0.2) is 9.78 Å². The quantitative estimate of drug-likeness (QED) is 0.574. The fourth-order valence-electron chi connectivity index (χ4n) is 2.83. The Hall–Kier alpha value is -2.86. The molecular formula is C18H19ClN6O2. The number of benzene rings is 1. The van der Waals surface area contributed by atoms with Crippen molar-refractivity contribution in [3.8, 4) is 6.07 Å². The van der Waals surface area contributed by atoms with Gasteiger partial charge in [-0.05, 0) is 31.2 Å². The summed E-state index contributed by atoms with van der Waals surface area (Å²) in [7, 11) is 1.68. The molecule has 8 nitrogen and oxygen atoms in total. The summed E-state index contributed by atoms with van der Waals surface area (Å²) in [6, 6.07) is 8.50. The summed E-state index contributed by atoms with van der Waals surface area (Å²) in [5, 5.41) is 22.2. The van der Waals surface area contributed by atoms with Crippen LogP contribution in [-0.2, 0) is 13.6 Å². The fraction of sp³-hybridized carbons (Fsp3) is 0.278. The molecule has 0 aliphatic heterocycles. The predicted octanol–water partition coefficient (Wildman–Crippen LogP) is 1.71. The van der Waals surface area contributed by atoms with E-state index in [1.54, 1.807) is 38.2 Å². The first-order chi connectivity index (χ1) is 12.8. The number of halogens is 1. The number of fused-ring (bicyclic) bond motifs is 1. The van der Waals surface area contributed by atoms with E-state index >= 15 is 0 Å². The van der Waals surface area contributed by atoms with E-state index in [9.17, 15) is 15.2 Å². The molecule has 4 N–H and O–H groups in total. The number of imidazole rings is 1. The molecule has 3 rings (SSSR count). The van der Waals surface area contributed by atoms with Gasteiger partial charge in [0.25, 0.3) is 0 Å². The van der Waals surface area contributed by atoms with E-state index in [2.05, 4.69) is 10.3 Å². The third-order valence-electron chi connectivity index (χ3n) is 4.45. The first-order valence-electron chi connectivity index (χ1n) is 8.28. The summed E-state index contributed by atoms with van der Waals surface area (Å²) in [5.74, 6) is 0. The number of nitrogens with one attached hydrogen (secondary N) is 1. The Labute approximate surface area is 160 Å². The van der Waals surface area contributed by atoms with Crippen LogP contribution >= 0.6 is 11.6 Å². The number of aryl methyl sites for hydroxylation is 1. The number of anilines is 2. The van der Waals surface area contributed by atoms with Gasteiger partial charge in [0.2, 0.25) is 0 Å². The topological polar surface area (TPSA) is 122 Å². The zero-order chi connectivity index (χ0) is 19.7. The SMILES string of the molecule is CC(O)C(N)Cn1c(=O)n(C)c2ccc(Nc3ccnc(Cl)c3C#N)cc21. The van der Waals surface area contributed by atoms with Crippen LogP contribution in [0.3, 0.4) is 0 Å². The normalized spacial score (nSPS) is 13.3. The van der Waals surface area contributed by atoms with Crippen molar-refractivity contribution >= 4 is 34.0 Å². The van der Waals surface area contributed by atoms with Gasteiger partial charge < -0.3 is 16.2 Å². The van der Waals surface area contributed by atoms with Crippen molar-refractivity contribution < 1.29 is 5.11 Å². The number of pyridine rings is 1. The van der Waals surface area contributed by atoms with Gasteiger partial charge in [-0.3, -0.25) is 9.13 Å². The first-order valence-corrected chi connectivity index (χ1v) is 8.65. The molecule has 27 heavy (non-hydrogen) atoms. The maximum absolute atomic E-state index is 12.6. The number of aromatic nitrogens is 3. The van der Waals surface area contributed by atoms with Gasteiger partial charge >= 0.3 is 5.69 Å². The molecule has 2 heterocycles. The Kier molecular flexibility index (Phi) is 5.19. The molecule has 2 atom stereocenters. The number of aliphatic hydroxyl groups is 1. The van der Waals surface area contributed by atoms with Crippen LogP contribution in [-0.4, -0.2) is 31.4 Å². The highest BCUT2D eigenvalue weighted by Crippen LogP contribution is 2.26. The minimum atomic E-state index is -0.745. The van der Waals surface area contributed by atoms with Crippen LogP contribution in [0, 0.1) is 11.3 Å². The number of nitrogens with two attached hydrogens (primary N) is 1. The second kappa shape index (κ2) is 7.40. The molecule has 0 radical (unpaired) electrons. The molecule has 0 aliphatic carbocycles. The van der Waals surface area contributed by atoms with Gasteiger partial charge in [-0.1, -0.05) is 11.6 Å². The number of rotatable bonds is 5. The standard InChI is InChI=1S/C18H19ClN6O2/c1-10(26)13(21)9-25-16-7-11(3-4-15(16)24(2)18(25)27)23-14-5-6-22-17(19)12(14)8-20/h3-7,10,13,26H,9,21H2,1-2H3,(H,22,23). The lowest BCUT2D eigenvalue weighted by Gasteiger charge is -2.15. The molecule has 0 saturated heterocycles. The number of nitriles is 1. The predicted molar refractivity (Wildman–Crippen MR) is 104 cm³/mol. The Balaban J connectivity index is 2.06. The van der Waals surface area contributed by atoms with E-state index in [1.807, 2.05) is 6.07 Å². The van der Waals surface area contributed by atoms with Crippen LogP contribution in [0.4, 0.5) is 11.4 Å². The average Bonchev–Trinajstić information content (AvgIpc) is 2.86. The number of aliphatic hydroxyl groups excluding tert-OH is 1. The molecule has 0 spiro atoms. The summed E-state index contributed by atoms with van der Waals surface area (Å²) in [4.78, 5) is 16.5. The number of hydrogen-bond acceptors (Lipinski definition) is 6. The van der Waals surface area contributed by atoms with Crippen molar-refractivity contribution in [3.63, 3.8) is 0 Å². The summed E-state index contributed by atoms with van der Waals surface area (Å²) in [5.41, 5.74) is 8.55. The van der Waals surface area contributed by atoms with Crippen molar-refractivity contribution in [2.24, 2.45) is 12.8 Å². The Bertz CT molecular complexity index is 1100. The summed E-state index contributed by atoms with van der Waals surface area (Å²) >= 11 is 5.97. The molecule has 1 aromatic carbocycles. The third-order valence-corrected chi connectivity index (χ3v) is 4.74. The first kappa shape index (κ1) is 18.9. The lowest BCUT2D eigenvalue weighted by atomic mass is 10.2.